The summed E-state index contributed by atoms with van der Waals surface area (Å²) in [7, 11) is 0. The van der Waals surface area contributed by atoms with E-state index < -0.39 is 5.97 Å². The van der Waals surface area contributed by atoms with Crippen molar-refractivity contribution in [2.75, 3.05) is 18.0 Å². The maximum atomic E-state index is 10.5. The van der Waals surface area contributed by atoms with E-state index in [2.05, 4.69) is 4.98 Å². The lowest BCUT2D eigenvalue weighted by Gasteiger charge is -2.21. The maximum absolute atomic E-state index is 10.5. The molecule has 1 heterocycles. The molecule has 1 aromatic heterocycles. The summed E-state index contributed by atoms with van der Waals surface area (Å²) in [4.78, 5) is 16.3. The zero-order chi connectivity index (χ0) is 12.0. The number of nitrogens with zero attached hydrogens (tertiary/aromatic N) is 3. The molecule has 0 fully saturated rings. The molecule has 1 N–H and O–H groups in total. The van der Waals surface area contributed by atoms with Crippen LogP contribution < -0.4 is 4.90 Å². The molecule has 0 aliphatic heterocycles. The first-order valence-electron chi connectivity index (χ1n) is 4.90. The minimum absolute atomic E-state index is 0.00229. The van der Waals surface area contributed by atoms with Crippen molar-refractivity contribution < 1.29 is 9.90 Å². The molecule has 84 valence electrons. The van der Waals surface area contributed by atoms with Crippen molar-refractivity contribution in [3.05, 3.63) is 23.9 Å². The van der Waals surface area contributed by atoms with Crippen LogP contribution in [0.2, 0.25) is 0 Å². The number of rotatable bonds is 5. The summed E-state index contributed by atoms with van der Waals surface area (Å²) in [5.74, 6) is -0.207. The molecule has 0 radical (unpaired) electrons. The molecule has 0 bridgehead atoms. The highest BCUT2D eigenvalue weighted by Crippen LogP contribution is 2.15. The molecule has 0 unspecified atom stereocenters. The van der Waals surface area contributed by atoms with Crippen LogP contribution in [-0.2, 0) is 4.79 Å². The van der Waals surface area contributed by atoms with Crippen LogP contribution in [-0.4, -0.2) is 29.1 Å². The quantitative estimate of drug-likeness (QED) is 0.753. The molecule has 0 aliphatic rings. The topological polar surface area (TPSA) is 77.2 Å². The SMILES string of the molecule is Cc1cccnc1N(CC#N)CCC(=O)O. The van der Waals surface area contributed by atoms with Crippen LogP contribution in [0.4, 0.5) is 5.82 Å². The highest BCUT2D eigenvalue weighted by atomic mass is 16.4. The lowest BCUT2D eigenvalue weighted by atomic mass is 10.2. The number of anilines is 1. The first-order chi connectivity index (χ1) is 7.65. The Labute approximate surface area is 93.9 Å². The Balaban J connectivity index is 2.81. The molecular formula is C11H13N3O2. The fourth-order valence-corrected chi connectivity index (χ4v) is 1.38. The van der Waals surface area contributed by atoms with Crippen molar-refractivity contribution in [1.29, 1.82) is 5.26 Å². The molecule has 0 aliphatic carbocycles. The van der Waals surface area contributed by atoms with Gasteiger partial charge in [0.25, 0.3) is 0 Å². The van der Waals surface area contributed by atoms with Gasteiger partial charge in [-0.2, -0.15) is 5.26 Å². The predicted octanol–water partition coefficient (Wildman–Crippen LogP) is 1.19. The number of carboxylic acids is 1. The van der Waals surface area contributed by atoms with Gasteiger partial charge < -0.3 is 10.0 Å². The van der Waals surface area contributed by atoms with Gasteiger partial charge in [-0.1, -0.05) is 6.07 Å². The molecule has 0 atom stereocenters. The van der Waals surface area contributed by atoms with Crippen LogP contribution in [0, 0.1) is 18.3 Å². The van der Waals surface area contributed by atoms with E-state index in [1.54, 1.807) is 17.2 Å². The van der Waals surface area contributed by atoms with Crippen LogP contribution in [0.1, 0.15) is 12.0 Å². The number of carboxylic acid groups (broad SMARTS) is 1. The Morgan fingerprint density at radius 1 is 1.69 bits per heavy atom. The molecule has 0 aromatic carbocycles. The monoisotopic (exact) mass is 219 g/mol. The average Bonchev–Trinajstić information content (AvgIpc) is 2.25. The molecule has 0 saturated carbocycles. The Morgan fingerprint density at radius 2 is 2.44 bits per heavy atom. The van der Waals surface area contributed by atoms with Gasteiger partial charge >= 0.3 is 5.97 Å². The number of aliphatic carboxylic acids is 1. The predicted molar refractivity (Wildman–Crippen MR) is 59.1 cm³/mol. The lowest BCUT2D eigenvalue weighted by Crippen LogP contribution is -2.28. The number of hydrogen-bond donors (Lipinski definition) is 1. The van der Waals surface area contributed by atoms with Crippen LogP contribution in [0.25, 0.3) is 0 Å². The van der Waals surface area contributed by atoms with E-state index in [9.17, 15) is 4.79 Å². The van der Waals surface area contributed by atoms with E-state index in [-0.39, 0.29) is 13.0 Å². The average molecular weight is 219 g/mol. The van der Waals surface area contributed by atoms with Crippen LogP contribution in [0.3, 0.4) is 0 Å². The largest absolute Gasteiger partial charge is 0.481 e. The standard InChI is InChI=1S/C11H13N3O2/c1-9-3-2-6-13-11(9)14(8-5-12)7-4-10(15)16/h2-3,6H,4,7-8H2,1H3,(H,15,16). The van der Waals surface area contributed by atoms with E-state index in [0.717, 1.165) is 5.56 Å². The Morgan fingerprint density at radius 3 is 3.00 bits per heavy atom. The Kier molecular flexibility index (Phi) is 4.28. The second kappa shape index (κ2) is 5.71. The lowest BCUT2D eigenvalue weighted by molar-refractivity contribution is -0.136. The smallest absolute Gasteiger partial charge is 0.305 e. The van der Waals surface area contributed by atoms with Gasteiger partial charge in [0.1, 0.15) is 12.4 Å². The maximum Gasteiger partial charge on any atom is 0.305 e. The molecule has 1 aromatic rings. The van der Waals surface area contributed by atoms with Gasteiger partial charge in [-0.25, -0.2) is 4.98 Å². The highest BCUT2D eigenvalue weighted by molar-refractivity contribution is 5.67. The second-order valence-electron chi connectivity index (χ2n) is 3.37. The van der Waals surface area contributed by atoms with Gasteiger partial charge in [0.15, 0.2) is 0 Å². The number of hydrogen-bond acceptors (Lipinski definition) is 4. The van der Waals surface area contributed by atoms with Crippen molar-refractivity contribution in [3.63, 3.8) is 0 Å². The summed E-state index contributed by atoms with van der Waals surface area (Å²) in [6.45, 7) is 2.32. The third kappa shape index (κ3) is 3.24. The van der Waals surface area contributed by atoms with Gasteiger partial charge in [-0.05, 0) is 18.6 Å². The van der Waals surface area contributed by atoms with Crippen LogP contribution in [0.5, 0.6) is 0 Å². The molecule has 0 amide bonds. The minimum atomic E-state index is -0.878. The van der Waals surface area contributed by atoms with Crippen molar-refractivity contribution in [2.45, 2.75) is 13.3 Å². The molecule has 1 rings (SSSR count). The van der Waals surface area contributed by atoms with Gasteiger partial charge in [-0.3, -0.25) is 4.79 Å². The van der Waals surface area contributed by atoms with Gasteiger partial charge in [0, 0.05) is 12.7 Å². The van der Waals surface area contributed by atoms with E-state index in [1.807, 2.05) is 19.1 Å². The third-order valence-corrected chi connectivity index (χ3v) is 2.14. The van der Waals surface area contributed by atoms with Gasteiger partial charge in [0.2, 0.25) is 0 Å². The second-order valence-corrected chi connectivity index (χ2v) is 3.37. The molecule has 16 heavy (non-hydrogen) atoms. The number of carbonyl (C=O) groups is 1. The molecule has 0 spiro atoms. The molecule has 5 nitrogen and oxygen atoms in total. The minimum Gasteiger partial charge on any atom is -0.481 e. The van der Waals surface area contributed by atoms with E-state index in [1.165, 1.54) is 0 Å². The molecular weight excluding hydrogens is 206 g/mol. The summed E-state index contributed by atoms with van der Waals surface area (Å²) in [6.07, 6.45) is 1.63. The zero-order valence-electron chi connectivity index (χ0n) is 9.05. The van der Waals surface area contributed by atoms with E-state index in [0.29, 0.717) is 12.4 Å². The van der Waals surface area contributed by atoms with E-state index >= 15 is 0 Å². The number of pyridine rings is 1. The zero-order valence-corrected chi connectivity index (χ0v) is 9.05. The first kappa shape index (κ1) is 12.0. The normalized spacial score (nSPS) is 9.50. The molecule has 0 saturated heterocycles. The number of nitriles is 1. The summed E-state index contributed by atoms with van der Waals surface area (Å²) in [5.41, 5.74) is 0.933. The van der Waals surface area contributed by atoms with Gasteiger partial charge in [-0.15, -0.1) is 0 Å². The van der Waals surface area contributed by atoms with Crippen molar-refractivity contribution >= 4 is 11.8 Å². The molecule has 5 heteroatoms. The summed E-state index contributed by atoms with van der Waals surface area (Å²) in [5, 5.41) is 17.3. The van der Waals surface area contributed by atoms with E-state index in [4.69, 9.17) is 10.4 Å². The Hall–Kier alpha value is -2.09. The summed E-state index contributed by atoms with van der Waals surface area (Å²) >= 11 is 0. The van der Waals surface area contributed by atoms with Crippen LogP contribution >= 0.6 is 0 Å². The summed E-state index contributed by atoms with van der Waals surface area (Å²) in [6, 6.07) is 5.70. The van der Waals surface area contributed by atoms with Crippen molar-refractivity contribution in [3.8, 4) is 6.07 Å². The summed E-state index contributed by atoms with van der Waals surface area (Å²) < 4.78 is 0. The Bertz CT molecular complexity index is 412. The van der Waals surface area contributed by atoms with Crippen LogP contribution in [0.15, 0.2) is 18.3 Å². The van der Waals surface area contributed by atoms with Gasteiger partial charge in [0.05, 0.1) is 12.5 Å². The first-order valence-corrected chi connectivity index (χ1v) is 4.90. The van der Waals surface area contributed by atoms with Crippen molar-refractivity contribution in [2.24, 2.45) is 0 Å². The van der Waals surface area contributed by atoms with Crippen molar-refractivity contribution in [1.82, 2.24) is 4.98 Å². The fourth-order valence-electron chi connectivity index (χ4n) is 1.38. The number of aromatic nitrogens is 1. The number of aryl methyl sites for hydroxylation is 1. The fraction of sp³-hybridized carbons (Fsp3) is 0.364. The third-order valence-electron chi connectivity index (χ3n) is 2.14. The highest BCUT2D eigenvalue weighted by Gasteiger charge is 2.11.